The van der Waals surface area contributed by atoms with Crippen LogP contribution in [0.1, 0.15) is 0 Å². The van der Waals surface area contributed by atoms with Gasteiger partial charge in [-0.15, -0.1) is 0 Å². The number of hydrogen-bond donors (Lipinski definition) is 0. The highest BCUT2D eigenvalue weighted by Crippen LogP contribution is 2.32. The minimum Gasteiger partial charge on any atom is -0.438 e. The second-order valence-electron chi connectivity index (χ2n) is 4.13. The predicted octanol–water partition coefficient (Wildman–Crippen LogP) is 4.59. The predicted molar refractivity (Wildman–Crippen MR) is 79.0 cm³/mol. The van der Waals surface area contributed by atoms with Crippen LogP contribution < -0.4 is 4.74 Å². The van der Waals surface area contributed by atoms with Crippen molar-refractivity contribution in [2.75, 3.05) is 0 Å². The zero-order valence-electron chi connectivity index (χ0n) is 10.5. The maximum Gasteiger partial charge on any atom is 0.219 e. The molecule has 0 N–H and O–H groups in total. The molecule has 0 amide bonds. The molecule has 20 heavy (non-hydrogen) atoms. The molecule has 98 valence electrons. The molecule has 0 saturated heterocycles. The van der Waals surface area contributed by atoms with E-state index in [-0.39, 0.29) is 0 Å². The van der Waals surface area contributed by atoms with Crippen molar-refractivity contribution in [3.8, 4) is 22.8 Å². The smallest absolute Gasteiger partial charge is 0.219 e. The first-order chi connectivity index (χ1) is 9.83. The fraction of sp³-hybridized carbons (Fsp3) is 0. The molecule has 1 aromatic carbocycles. The topological polar surface area (TPSA) is 35.0 Å². The first-order valence-corrected chi connectivity index (χ1v) is 6.50. The Morgan fingerprint density at radius 1 is 0.850 bits per heavy atom. The Hall–Kier alpha value is -2.39. The summed E-state index contributed by atoms with van der Waals surface area (Å²) in [6, 6.07) is 17.0. The number of halogens is 1. The van der Waals surface area contributed by atoms with Crippen LogP contribution >= 0.6 is 11.6 Å². The summed E-state index contributed by atoms with van der Waals surface area (Å²) in [5.41, 5.74) is 1.90. The van der Waals surface area contributed by atoms with E-state index in [4.69, 9.17) is 16.3 Å². The lowest BCUT2D eigenvalue weighted by atomic mass is 10.1. The lowest BCUT2D eigenvalue weighted by molar-refractivity contribution is 0.464. The number of para-hydroxylation sites is 1. The fourth-order valence-corrected chi connectivity index (χ4v) is 2.06. The van der Waals surface area contributed by atoms with Crippen LogP contribution in [0.2, 0.25) is 5.15 Å². The van der Waals surface area contributed by atoms with Crippen LogP contribution in [0.4, 0.5) is 0 Å². The third-order valence-electron chi connectivity index (χ3n) is 2.78. The van der Waals surface area contributed by atoms with Gasteiger partial charge in [0.2, 0.25) is 5.88 Å². The van der Waals surface area contributed by atoms with E-state index in [0.29, 0.717) is 11.0 Å². The monoisotopic (exact) mass is 282 g/mol. The average Bonchev–Trinajstić information content (AvgIpc) is 2.49. The fourth-order valence-electron chi connectivity index (χ4n) is 1.88. The van der Waals surface area contributed by atoms with E-state index < -0.39 is 0 Å². The Morgan fingerprint density at radius 3 is 2.50 bits per heavy atom. The quantitative estimate of drug-likeness (QED) is 0.659. The highest BCUT2D eigenvalue weighted by Gasteiger charge is 2.07. The van der Waals surface area contributed by atoms with Gasteiger partial charge >= 0.3 is 0 Å². The van der Waals surface area contributed by atoms with Gasteiger partial charge in [0.15, 0.2) is 0 Å². The van der Waals surface area contributed by atoms with E-state index in [1.165, 1.54) is 0 Å². The lowest BCUT2D eigenvalue weighted by Crippen LogP contribution is -1.90. The second-order valence-corrected chi connectivity index (χ2v) is 4.52. The first-order valence-electron chi connectivity index (χ1n) is 6.13. The SMILES string of the molecule is Clc1cc(-c2ccccc2Oc2ccccn2)ccn1. The summed E-state index contributed by atoms with van der Waals surface area (Å²) in [7, 11) is 0. The van der Waals surface area contributed by atoms with Crippen LogP contribution in [0.15, 0.2) is 67.0 Å². The van der Waals surface area contributed by atoms with Gasteiger partial charge in [0, 0.05) is 24.0 Å². The molecule has 0 fully saturated rings. The van der Waals surface area contributed by atoms with Crippen LogP contribution in [0, 0.1) is 0 Å². The van der Waals surface area contributed by atoms with Crippen LogP contribution in [-0.4, -0.2) is 9.97 Å². The van der Waals surface area contributed by atoms with Gasteiger partial charge in [0.25, 0.3) is 0 Å². The molecule has 0 bridgehead atoms. The number of ether oxygens (including phenoxy) is 1. The third kappa shape index (κ3) is 2.78. The van der Waals surface area contributed by atoms with Crippen molar-refractivity contribution >= 4 is 11.6 Å². The summed E-state index contributed by atoms with van der Waals surface area (Å²) in [5.74, 6) is 1.29. The van der Waals surface area contributed by atoms with Crippen LogP contribution in [0.3, 0.4) is 0 Å². The van der Waals surface area contributed by atoms with Crippen molar-refractivity contribution < 1.29 is 4.74 Å². The van der Waals surface area contributed by atoms with Crippen molar-refractivity contribution in [1.82, 2.24) is 9.97 Å². The Kier molecular flexibility index (Phi) is 3.61. The van der Waals surface area contributed by atoms with E-state index in [1.54, 1.807) is 12.4 Å². The van der Waals surface area contributed by atoms with Gasteiger partial charge in [0.1, 0.15) is 10.9 Å². The second kappa shape index (κ2) is 5.72. The highest BCUT2D eigenvalue weighted by molar-refractivity contribution is 6.29. The maximum atomic E-state index is 5.94. The highest BCUT2D eigenvalue weighted by atomic mass is 35.5. The van der Waals surface area contributed by atoms with E-state index in [0.717, 1.165) is 16.9 Å². The van der Waals surface area contributed by atoms with E-state index >= 15 is 0 Å². The van der Waals surface area contributed by atoms with Crippen molar-refractivity contribution in [2.24, 2.45) is 0 Å². The molecule has 3 aromatic rings. The standard InChI is InChI=1S/C16H11ClN2O/c17-15-11-12(8-10-18-15)13-5-1-2-6-14(13)20-16-7-3-4-9-19-16/h1-11H. The summed E-state index contributed by atoms with van der Waals surface area (Å²) >= 11 is 5.94. The Labute approximate surface area is 121 Å². The minimum atomic E-state index is 0.454. The molecule has 3 rings (SSSR count). The molecule has 2 aromatic heterocycles. The molecule has 0 aliphatic carbocycles. The number of aromatic nitrogens is 2. The van der Waals surface area contributed by atoms with Crippen LogP contribution in [-0.2, 0) is 0 Å². The summed E-state index contributed by atoms with van der Waals surface area (Å²) in [6.07, 6.45) is 3.37. The molecule has 2 heterocycles. The van der Waals surface area contributed by atoms with E-state index in [9.17, 15) is 0 Å². The molecule has 0 aliphatic rings. The average molecular weight is 283 g/mol. The van der Waals surface area contributed by atoms with Crippen molar-refractivity contribution in [3.63, 3.8) is 0 Å². The number of benzene rings is 1. The minimum absolute atomic E-state index is 0.454. The Bertz CT molecular complexity index is 716. The largest absolute Gasteiger partial charge is 0.438 e. The number of pyridine rings is 2. The van der Waals surface area contributed by atoms with Crippen LogP contribution in [0.5, 0.6) is 11.6 Å². The van der Waals surface area contributed by atoms with Gasteiger partial charge in [-0.25, -0.2) is 9.97 Å². The molecule has 0 atom stereocenters. The summed E-state index contributed by atoms with van der Waals surface area (Å²) in [4.78, 5) is 8.16. The Balaban J connectivity index is 2.00. The molecular weight excluding hydrogens is 272 g/mol. The number of hydrogen-bond acceptors (Lipinski definition) is 3. The maximum absolute atomic E-state index is 5.94. The van der Waals surface area contributed by atoms with Crippen LogP contribution in [0.25, 0.3) is 11.1 Å². The lowest BCUT2D eigenvalue weighted by Gasteiger charge is -2.10. The molecule has 4 heteroatoms. The zero-order chi connectivity index (χ0) is 13.8. The normalized spacial score (nSPS) is 10.2. The Morgan fingerprint density at radius 2 is 1.70 bits per heavy atom. The van der Waals surface area contributed by atoms with Gasteiger partial charge in [-0.2, -0.15) is 0 Å². The van der Waals surface area contributed by atoms with Gasteiger partial charge in [0.05, 0.1) is 0 Å². The van der Waals surface area contributed by atoms with Gasteiger partial charge < -0.3 is 4.74 Å². The summed E-state index contributed by atoms with van der Waals surface area (Å²) < 4.78 is 5.83. The van der Waals surface area contributed by atoms with Crippen molar-refractivity contribution in [2.45, 2.75) is 0 Å². The third-order valence-corrected chi connectivity index (χ3v) is 2.98. The summed E-state index contributed by atoms with van der Waals surface area (Å²) in [5, 5.41) is 0.454. The molecule has 0 radical (unpaired) electrons. The van der Waals surface area contributed by atoms with E-state index in [2.05, 4.69) is 9.97 Å². The van der Waals surface area contributed by atoms with Gasteiger partial charge in [-0.3, -0.25) is 0 Å². The molecule has 0 spiro atoms. The van der Waals surface area contributed by atoms with E-state index in [1.807, 2.05) is 54.6 Å². The number of nitrogens with zero attached hydrogens (tertiary/aromatic N) is 2. The molecule has 0 aliphatic heterocycles. The summed E-state index contributed by atoms with van der Waals surface area (Å²) in [6.45, 7) is 0. The molecular formula is C16H11ClN2O. The first kappa shape index (κ1) is 12.6. The zero-order valence-corrected chi connectivity index (χ0v) is 11.3. The van der Waals surface area contributed by atoms with Crippen molar-refractivity contribution in [3.05, 3.63) is 72.1 Å². The van der Waals surface area contributed by atoms with Gasteiger partial charge in [-0.1, -0.05) is 35.9 Å². The van der Waals surface area contributed by atoms with Crippen molar-refractivity contribution in [1.29, 1.82) is 0 Å². The molecule has 0 unspecified atom stereocenters. The molecule has 0 saturated carbocycles. The number of rotatable bonds is 3. The van der Waals surface area contributed by atoms with Gasteiger partial charge in [-0.05, 0) is 29.8 Å². The molecule has 3 nitrogen and oxygen atoms in total.